The standard InChI is InChI=1S/C13H18BrFN2O/c14-12-4-3-10(15)7-13(12)16-8-11(18)9-17-5-1-2-6-17/h3-4,7,11,16,18H,1-2,5-6,8-9H2. The van der Waals surface area contributed by atoms with Gasteiger partial charge in [-0.05, 0) is 60.1 Å². The highest BCUT2D eigenvalue weighted by molar-refractivity contribution is 9.10. The maximum Gasteiger partial charge on any atom is 0.125 e. The van der Waals surface area contributed by atoms with E-state index in [-0.39, 0.29) is 5.82 Å². The van der Waals surface area contributed by atoms with Crippen molar-refractivity contribution >= 4 is 21.6 Å². The van der Waals surface area contributed by atoms with Gasteiger partial charge in [-0.3, -0.25) is 0 Å². The van der Waals surface area contributed by atoms with Crippen molar-refractivity contribution in [3.63, 3.8) is 0 Å². The van der Waals surface area contributed by atoms with Crippen molar-refractivity contribution in [1.29, 1.82) is 0 Å². The van der Waals surface area contributed by atoms with Crippen molar-refractivity contribution in [2.45, 2.75) is 18.9 Å². The van der Waals surface area contributed by atoms with Crippen molar-refractivity contribution in [1.82, 2.24) is 4.90 Å². The highest BCUT2D eigenvalue weighted by Crippen LogP contribution is 2.22. The number of nitrogens with zero attached hydrogens (tertiary/aromatic N) is 1. The number of rotatable bonds is 5. The minimum Gasteiger partial charge on any atom is -0.390 e. The second kappa shape index (κ2) is 6.50. The number of aliphatic hydroxyl groups is 1. The minimum absolute atomic E-state index is 0.283. The Kier molecular flexibility index (Phi) is 4.97. The van der Waals surface area contributed by atoms with E-state index in [0.29, 0.717) is 18.8 Å². The molecule has 0 bridgehead atoms. The lowest BCUT2D eigenvalue weighted by atomic mass is 10.2. The molecule has 0 saturated carbocycles. The van der Waals surface area contributed by atoms with E-state index in [2.05, 4.69) is 26.1 Å². The molecule has 1 aliphatic heterocycles. The normalized spacial score (nSPS) is 17.9. The second-order valence-corrected chi connectivity index (χ2v) is 5.52. The number of hydrogen-bond donors (Lipinski definition) is 2. The van der Waals surface area contributed by atoms with Crippen molar-refractivity contribution in [2.75, 3.05) is 31.5 Å². The average Bonchev–Trinajstić information content (AvgIpc) is 2.83. The topological polar surface area (TPSA) is 35.5 Å². The summed E-state index contributed by atoms with van der Waals surface area (Å²) in [5, 5.41) is 13.0. The first-order valence-electron chi connectivity index (χ1n) is 6.24. The molecule has 1 aromatic carbocycles. The van der Waals surface area contributed by atoms with Gasteiger partial charge >= 0.3 is 0 Å². The summed E-state index contributed by atoms with van der Waals surface area (Å²) < 4.78 is 13.9. The number of anilines is 1. The van der Waals surface area contributed by atoms with Gasteiger partial charge in [0.25, 0.3) is 0 Å². The zero-order valence-corrected chi connectivity index (χ0v) is 11.8. The van der Waals surface area contributed by atoms with Crippen LogP contribution >= 0.6 is 15.9 Å². The Labute approximate surface area is 115 Å². The molecule has 2 rings (SSSR count). The van der Waals surface area contributed by atoms with Crippen LogP contribution in [-0.4, -0.2) is 42.3 Å². The van der Waals surface area contributed by atoms with Crippen LogP contribution in [0.4, 0.5) is 10.1 Å². The third kappa shape index (κ3) is 3.93. The Morgan fingerprint density at radius 1 is 1.39 bits per heavy atom. The average molecular weight is 317 g/mol. The quantitative estimate of drug-likeness (QED) is 0.876. The Morgan fingerprint density at radius 2 is 2.11 bits per heavy atom. The van der Waals surface area contributed by atoms with Crippen LogP contribution in [0, 0.1) is 5.82 Å². The van der Waals surface area contributed by atoms with Gasteiger partial charge in [-0.1, -0.05) is 0 Å². The summed E-state index contributed by atoms with van der Waals surface area (Å²) in [6.45, 7) is 3.25. The molecule has 0 aromatic heterocycles. The van der Waals surface area contributed by atoms with E-state index in [4.69, 9.17) is 0 Å². The summed E-state index contributed by atoms with van der Waals surface area (Å²) in [4.78, 5) is 2.26. The summed E-state index contributed by atoms with van der Waals surface area (Å²) in [7, 11) is 0. The van der Waals surface area contributed by atoms with Crippen molar-refractivity contribution in [3.8, 4) is 0 Å². The lowest BCUT2D eigenvalue weighted by Crippen LogP contribution is -2.34. The Hall–Kier alpha value is -0.650. The molecule has 18 heavy (non-hydrogen) atoms. The molecule has 0 spiro atoms. The van der Waals surface area contributed by atoms with Gasteiger partial charge in [0.2, 0.25) is 0 Å². The van der Waals surface area contributed by atoms with Gasteiger partial charge in [0.15, 0.2) is 0 Å². The first kappa shape index (κ1) is 13.8. The van der Waals surface area contributed by atoms with Crippen LogP contribution in [0.15, 0.2) is 22.7 Å². The number of likely N-dealkylation sites (tertiary alicyclic amines) is 1. The Morgan fingerprint density at radius 3 is 2.83 bits per heavy atom. The number of aliphatic hydroxyl groups excluding tert-OH is 1. The number of hydrogen-bond acceptors (Lipinski definition) is 3. The molecule has 1 aromatic rings. The smallest absolute Gasteiger partial charge is 0.125 e. The van der Waals surface area contributed by atoms with Gasteiger partial charge in [0, 0.05) is 17.6 Å². The SMILES string of the molecule is OC(CNc1cc(F)ccc1Br)CN1CCCC1. The van der Waals surface area contributed by atoms with Gasteiger partial charge in [0.1, 0.15) is 5.82 Å². The fourth-order valence-electron chi connectivity index (χ4n) is 2.19. The van der Waals surface area contributed by atoms with E-state index in [1.54, 1.807) is 6.07 Å². The number of benzene rings is 1. The summed E-state index contributed by atoms with van der Waals surface area (Å²) >= 11 is 3.35. The van der Waals surface area contributed by atoms with Crippen molar-refractivity contribution in [2.24, 2.45) is 0 Å². The fraction of sp³-hybridized carbons (Fsp3) is 0.538. The van der Waals surface area contributed by atoms with Crippen molar-refractivity contribution < 1.29 is 9.50 Å². The third-order valence-electron chi connectivity index (χ3n) is 3.12. The molecule has 1 saturated heterocycles. The van der Waals surface area contributed by atoms with E-state index in [0.717, 1.165) is 17.6 Å². The van der Waals surface area contributed by atoms with Crippen LogP contribution in [-0.2, 0) is 0 Å². The molecule has 1 atom stereocenters. The van der Waals surface area contributed by atoms with Crippen LogP contribution in [0.25, 0.3) is 0 Å². The third-order valence-corrected chi connectivity index (χ3v) is 3.82. The lowest BCUT2D eigenvalue weighted by Gasteiger charge is -2.20. The lowest BCUT2D eigenvalue weighted by molar-refractivity contribution is 0.135. The summed E-state index contributed by atoms with van der Waals surface area (Å²) in [6.07, 6.45) is 2.00. The molecule has 0 amide bonds. The molecule has 1 heterocycles. The van der Waals surface area contributed by atoms with Crippen LogP contribution in [0.5, 0.6) is 0 Å². The molecular weight excluding hydrogens is 299 g/mol. The highest BCUT2D eigenvalue weighted by atomic mass is 79.9. The second-order valence-electron chi connectivity index (χ2n) is 4.67. The Balaban J connectivity index is 1.81. The molecule has 1 fully saturated rings. The van der Waals surface area contributed by atoms with Gasteiger partial charge < -0.3 is 15.3 Å². The van der Waals surface area contributed by atoms with Crippen LogP contribution < -0.4 is 5.32 Å². The first-order valence-corrected chi connectivity index (χ1v) is 7.04. The predicted molar refractivity (Wildman–Crippen MR) is 74.3 cm³/mol. The van der Waals surface area contributed by atoms with E-state index < -0.39 is 6.10 Å². The molecule has 1 aliphatic rings. The molecule has 2 N–H and O–H groups in total. The minimum atomic E-state index is -0.432. The molecule has 0 radical (unpaired) electrons. The molecule has 5 heteroatoms. The highest BCUT2D eigenvalue weighted by Gasteiger charge is 2.15. The van der Waals surface area contributed by atoms with Crippen LogP contribution in [0.3, 0.4) is 0 Å². The van der Waals surface area contributed by atoms with Crippen LogP contribution in [0.1, 0.15) is 12.8 Å². The molecule has 100 valence electrons. The molecular formula is C13H18BrFN2O. The zero-order chi connectivity index (χ0) is 13.0. The summed E-state index contributed by atoms with van der Waals surface area (Å²) in [5.74, 6) is -0.283. The van der Waals surface area contributed by atoms with Crippen LogP contribution in [0.2, 0.25) is 0 Å². The monoisotopic (exact) mass is 316 g/mol. The van der Waals surface area contributed by atoms with Gasteiger partial charge in [-0.25, -0.2) is 4.39 Å². The number of β-amino-alcohol motifs (C(OH)–C–C–N with tert-alkyl or cyclic N) is 1. The Bertz CT molecular complexity index is 397. The van der Waals surface area contributed by atoms with Gasteiger partial charge in [0.05, 0.1) is 11.8 Å². The fourth-order valence-corrected chi connectivity index (χ4v) is 2.58. The molecule has 0 aliphatic carbocycles. The molecule has 1 unspecified atom stereocenters. The van der Waals surface area contributed by atoms with E-state index in [1.807, 2.05) is 0 Å². The maximum atomic E-state index is 13.1. The van der Waals surface area contributed by atoms with E-state index in [1.165, 1.54) is 25.0 Å². The maximum absolute atomic E-state index is 13.1. The van der Waals surface area contributed by atoms with E-state index >= 15 is 0 Å². The largest absolute Gasteiger partial charge is 0.390 e. The van der Waals surface area contributed by atoms with Gasteiger partial charge in [-0.15, -0.1) is 0 Å². The summed E-state index contributed by atoms with van der Waals surface area (Å²) in [6, 6.07) is 4.48. The van der Waals surface area contributed by atoms with Crippen molar-refractivity contribution in [3.05, 3.63) is 28.5 Å². The zero-order valence-electron chi connectivity index (χ0n) is 10.2. The van der Waals surface area contributed by atoms with Gasteiger partial charge in [-0.2, -0.15) is 0 Å². The number of nitrogens with one attached hydrogen (secondary N) is 1. The number of halogens is 2. The first-order chi connectivity index (χ1) is 8.65. The molecule has 3 nitrogen and oxygen atoms in total. The summed E-state index contributed by atoms with van der Waals surface area (Å²) in [5.41, 5.74) is 0.676. The van der Waals surface area contributed by atoms with E-state index in [9.17, 15) is 9.50 Å². The predicted octanol–water partition coefficient (Wildman–Crippen LogP) is 2.46.